The molecule has 3 N–H and O–H groups in total. The number of benzene rings is 1. The highest BCUT2D eigenvalue weighted by Gasteiger charge is 2.17. The van der Waals surface area contributed by atoms with Crippen LogP contribution in [-0.4, -0.2) is 20.2 Å². The van der Waals surface area contributed by atoms with Crippen LogP contribution in [0.5, 0.6) is 0 Å². The lowest BCUT2D eigenvalue weighted by atomic mass is 10.3. The zero-order chi connectivity index (χ0) is 13.3. The van der Waals surface area contributed by atoms with E-state index in [4.69, 9.17) is 5.73 Å². The molecule has 0 aliphatic heterocycles. The molecule has 1 aromatic carbocycles. The Morgan fingerprint density at radius 2 is 1.88 bits per heavy atom. The predicted molar refractivity (Wildman–Crippen MR) is 72.7 cm³/mol. The molecule has 4 nitrogen and oxygen atoms in total. The minimum atomic E-state index is -3.41. The topological polar surface area (TPSA) is 72.2 Å². The third kappa shape index (κ3) is 3.90. The van der Waals surface area contributed by atoms with Crippen molar-refractivity contribution in [3.05, 3.63) is 18.2 Å². The molecule has 0 aromatic heterocycles. The van der Waals surface area contributed by atoms with Crippen molar-refractivity contribution in [3.63, 3.8) is 0 Å². The summed E-state index contributed by atoms with van der Waals surface area (Å²) >= 11 is 1.55. The molecule has 17 heavy (non-hydrogen) atoms. The van der Waals surface area contributed by atoms with Crippen LogP contribution in [0.25, 0.3) is 0 Å². The lowest BCUT2D eigenvalue weighted by Gasteiger charge is -2.19. The average Bonchev–Trinajstić information content (AvgIpc) is 2.19. The van der Waals surface area contributed by atoms with E-state index in [1.54, 1.807) is 23.9 Å². The Balaban J connectivity index is 3.21. The molecule has 0 saturated carbocycles. The lowest BCUT2D eigenvalue weighted by molar-refractivity contribution is 0.588. The summed E-state index contributed by atoms with van der Waals surface area (Å²) in [6.07, 6.45) is 0. The Hall–Kier alpha value is -0.720. The van der Waals surface area contributed by atoms with Crippen LogP contribution in [0.2, 0.25) is 0 Å². The molecule has 0 unspecified atom stereocenters. The van der Waals surface area contributed by atoms with E-state index in [9.17, 15) is 8.42 Å². The zero-order valence-corrected chi connectivity index (χ0v) is 12.1. The average molecular weight is 274 g/mol. The molecule has 0 atom stereocenters. The Labute approximate surface area is 107 Å². The maximum absolute atomic E-state index is 11.7. The Bertz CT molecular complexity index is 505. The van der Waals surface area contributed by atoms with Gasteiger partial charge >= 0.3 is 0 Å². The molecular weight excluding hydrogens is 256 g/mol. The molecule has 96 valence electrons. The van der Waals surface area contributed by atoms with E-state index in [-0.39, 0.29) is 9.64 Å². The molecule has 0 amide bonds. The van der Waals surface area contributed by atoms with Gasteiger partial charge in [0.15, 0.2) is 0 Å². The summed E-state index contributed by atoms with van der Waals surface area (Å²) < 4.78 is 25.6. The second-order valence-electron chi connectivity index (χ2n) is 4.62. The van der Waals surface area contributed by atoms with Crippen molar-refractivity contribution < 1.29 is 8.42 Å². The van der Waals surface area contributed by atoms with Gasteiger partial charge in [0.1, 0.15) is 0 Å². The summed E-state index contributed by atoms with van der Waals surface area (Å²) in [5.41, 5.74) is 6.44. The maximum atomic E-state index is 11.7. The Kier molecular flexibility index (Phi) is 4.11. The summed E-state index contributed by atoms with van der Waals surface area (Å²) in [7, 11) is -2.02. The van der Waals surface area contributed by atoms with Gasteiger partial charge in [-0.25, -0.2) is 13.1 Å². The van der Waals surface area contributed by atoms with Crippen molar-refractivity contribution in [3.8, 4) is 0 Å². The SMILES string of the molecule is CNS(=O)(=O)c1ccc(N)c(SC(C)(C)C)c1. The van der Waals surface area contributed by atoms with Gasteiger partial charge in [0, 0.05) is 15.3 Å². The maximum Gasteiger partial charge on any atom is 0.240 e. The van der Waals surface area contributed by atoms with Crippen LogP contribution in [0.1, 0.15) is 20.8 Å². The summed E-state index contributed by atoms with van der Waals surface area (Å²) in [5, 5.41) is 0. The minimum Gasteiger partial charge on any atom is -0.398 e. The van der Waals surface area contributed by atoms with Gasteiger partial charge in [-0.05, 0) is 25.2 Å². The molecule has 0 aliphatic rings. The van der Waals surface area contributed by atoms with Gasteiger partial charge in [0.2, 0.25) is 10.0 Å². The van der Waals surface area contributed by atoms with Gasteiger partial charge in [0.25, 0.3) is 0 Å². The van der Waals surface area contributed by atoms with E-state index in [1.165, 1.54) is 13.1 Å². The number of hydrogen-bond acceptors (Lipinski definition) is 4. The van der Waals surface area contributed by atoms with Crippen molar-refractivity contribution in [2.24, 2.45) is 0 Å². The first-order valence-corrected chi connectivity index (χ1v) is 7.48. The normalized spacial score (nSPS) is 12.7. The monoisotopic (exact) mass is 274 g/mol. The van der Waals surface area contributed by atoms with Crippen molar-refractivity contribution in [1.29, 1.82) is 0 Å². The summed E-state index contributed by atoms with van der Waals surface area (Å²) in [6.45, 7) is 6.16. The number of anilines is 1. The van der Waals surface area contributed by atoms with Gasteiger partial charge in [-0.15, -0.1) is 11.8 Å². The second kappa shape index (κ2) is 4.88. The summed E-state index contributed by atoms with van der Waals surface area (Å²) in [6, 6.07) is 4.74. The Morgan fingerprint density at radius 3 is 2.35 bits per heavy atom. The number of thioether (sulfide) groups is 1. The van der Waals surface area contributed by atoms with E-state index in [1.807, 2.05) is 0 Å². The van der Waals surface area contributed by atoms with E-state index in [0.29, 0.717) is 5.69 Å². The van der Waals surface area contributed by atoms with Crippen LogP contribution in [0.3, 0.4) is 0 Å². The third-order valence-electron chi connectivity index (χ3n) is 1.98. The highest BCUT2D eigenvalue weighted by atomic mass is 32.2. The van der Waals surface area contributed by atoms with Crippen molar-refractivity contribution in [1.82, 2.24) is 4.72 Å². The second-order valence-corrected chi connectivity index (χ2v) is 8.38. The first kappa shape index (κ1) is 14.3. The standard InChI is InChI=1S/C11H18N2O2S2/c1-11(2,3)16-10-7-8(5-6-9(10)12)17(14,15)13-4/h5-7,13H,12H2,1-4H3. The molecule has 1 aromatic rings. The minimum absolute atomic E-state index is 0.0177. The summed E-state index contributed by atoms with van der Waals surface area (Å²) in [5.74, 6) is 0. The fourth-order valence-corrected chi connectivity index (χ4v) is 3.08. The summed E-state index contributed by atoms with van der Waals surface area (Å²) in [4.78, 5) is 1.02. The molecule has 6 heteroatoms. The first-order valence-electron chi connectivity index (χ1n) is 5.18. The third-order valence-corrected chi connectivity index (χ3v) is 4.58. The molecule has 0 saturated heterocycles. The predicted octanol–water partition coefficient (Wildman–Crippen LogP) is 2.07. The quantitative estimate of drug-likeness (QED) is 0.654. The first-order chi connectivity index (χ1) is 7.65. The number of sulfonamides is 1. The van der Waals surface area contributed by atoms with Crippen molar-refractivity contribution >= 4 is 27.5 Å². The molecular formula is C11H18N2O2S2. The van der Waals surface area contributed by atoms with E-state index in [2.05, 4.69) is 25.5 Å². The smallest absolute Gasteiger partial charge is 0.240 e. The Morgan fingerprint density at radius 1 is 1.29 bits per heavy atom. The van der Waals surface area contributed by atoms with Gasteiger partial charge in [-0.3, -0.25) is 0 Å². The zero-order valence-electron chi connectivity index (χ0n) is 10.4. The molecule has 0 bridgehead atoms. The fraction of sp³-hybridized carbons (Fsp3) is 0.455. The van der Waals surface area contributed by atoms with Crippen LogP contribution >= 0.6 is 11.8 Å². The molecule has 0 fully saturated rings. The number of nitrogens with two attached hydrogens (primary N) is 1. The van der Waals surface area contributed by atoms with Crippen LogP contribution < -0.4 is 10.5 Å². The van der Waals surface area contributed by atoms with E-state index < -0.39 is 10.0 Å². The lowest BCUT2D eigenvalue weighted by Crippen LogP contribution is -2.18. The largest absolute Gasteiger partial charge is 0.398 e. The van der Waals surface area contributed by atoms with Crippen molar-refractivity contribution in [2.75, 3.05) is 12.8 Å². The number of hydrogen-bond donors (Lipinski definition) is 2. The fourth-order valence-electron chi connectivity index (χ4n) is 1.22. The van der Waals surface area contributed by atoms with Gasteiger partial charge < -0.3 is 5.73 Å². The molecule has 0 spiro atoms. The molecule has 0 radical (unpaired) electrons. The van der Waals surface area contributed by atoms with Crippen LogP contribution in [0.4, 0.5) is 5.69 Å². The molecule has 0 aliphatic carbocycles. The van der Waals surface area contributed by atoms with Gasteiger partial charge in [0.05, 0.1) is 4.90 Å². The van der Waals surface area contributed by atoms with E-state index >= 15 is 0 Å². The number of rotatable bonds is 3. The molecule has 1 rings (SSSR count). The highest BCUT2D eigenvalue weighted by molar-refractivity contribution is 8.00. The van der Waals surface area contributed by atoms with Gasteiger partial charge in [-0.2, -0.15) is 0 Å². The number of nitrogens with one attached hydrogen (secondary N) is 1. The molecule has 0 heterocycles. The van der Waals surface area contributed by atoms with Crippen LogP contribution in [0, 0.1) is 0 Å². The van der Waals surface area contributed by atoms with Crippen LogP contribution in [-0.2, 0) is 10.0 Å². The van der Waals surface area contributed by atoms with Crippen molar-refractivity contribution in [2.45, 2.75) is 35.3 Å². The van der Waals surface area contributed by atoms with Gasteiger partial charge in [-0.1, -0.05) is 20.8 Å². The highest BCUT2D eigenvalue weighted by Crippen LogP contribution is 2.36. The van der Waals surface area contributed by atoms with Crippen LogP contribution in [0.15, 0.2) is 28.0 Å². The number of nitrogen functional groups attached to an aromatic ring is 1. The van der Waals surface area contributed by atoms with E-state index in [0.717, 1.165) is 4.90 Å².